The van der Waals surface area contributed by atoms with E-state index in [1.807, 2.05) is 0 Å². The minimum atomic E-state index is 0.187. The molecule has 98 valence electrons. The molecule has 1 atom stereocenters. The number of nitriles is 1. The Morgan fingerprint density at radius 1 is 1.56 bits per heavy atom. The molecule has 0 saturated carbocycles. The molecule has 4 N–H and O–H groups in total. The van der Waals surface area contributed by atoms with Crippen molar-refractivity contribution in [3.63, 3.8) is 0 Å². The lowest BCUT2D eigenvalue weighted by atomic mass is 10.0. The standard InChI is InChI=1S/C13H20N4O/c1-2-3-10(4-5-18)8-16-13-11(7-14)6-12(15)9-17-13/h6,9-10,18H,2-5,8,15H2,1H3,(H,16,17). The summed E-state index contributed by atoms with van der Waals surface area (Å²) in [7, 11) is 0. The number of nitrogens with one attached hydrogen (secondary N) is 1. The van der Waals surface area contributed by atoms with Gasteiger partial charge in [0.15, 0.2) is 0 Å². The quantitative estimate of drug-likeness (QED) is 0.683. The Morgan fingerprint density at radius 2 is 2.33 bits per heavy atom. The maximum atomic E-state index is 8.99. The van der Waals surface area contributed by atoms with Crippen LogP contribution in [0.1, 0.15) is 31.7 Å². The Kier molecular flexibility index (Phi) is 5.95. The van der Waals surface area contributed by atoms with Gasteiger partial charge in [-0.05, 0) is 24.8 Å². The van der Waals surface area contributed by atoms with Gasteiger partial charge in [-0.25, -0.2) is 4.98 Å². The Labute approximate surface area is 108 Å². The molecule has 1 heterocycles. The first-order valence-electron chi connectivity index (χ1n) is 6.21. The molecule has 0 aliphatic rings. The normalized spacial score (nSPS) is 11.8. The zero-order valence-electron chi connectivity index (χ0n) is 10.7. The molecule has 1 rings (SSSR count). The second-order valence-electron chi connectivity index (χ2n) is 4.32. The van der Waals surface area contributed by atoms with E-state index in [4.69, 9.17) is 16.1 Å². The number of aromatic nitrogens is 1. The summed E-state index contributed by atoms with van der Waals surface area (Å²) >= 11 is 0. The van der Waals surface area contributed by atoms with Crippen LogP contribution in [0.2, 0.25) is 0 Å². The second-order valence-corrected chi connectivity index (χ2v) is 4.32. The highest BCUT2D eigenvalue weighted by atomic mass is 16.3. The third kappa shape index (κ3) is 4.22. The van der Waals surface area contributed by atoms with Crippen molar-refractivity contribution in [3.05, 3.63) is 17.8 Å². The van der Waals surface area contributed by atoms with Gasteiger partial charge in [0.1, 0.15) is 11.9 Å². The Hall–Kier alpha value is -1.80. The summed E-state index contributed by atoms with van der Waals surface area (Å²) in [6.07, 6.45) is 4.42. The molecule has 5 nitrogen and oxygen atoms in total. The van der Waals surface area contributed by atoms with Crippen molar-refractivity contribution in [2.24, 2.45) is 5.92 Å². The fourth-order valence-electron chi connectivity index (χ4n) is 1.89. The minimum absolute atomic E-state index is 0.187. The van der Waals surface area contributed by atoms with Gasteiger partial charge in [0.2, 0.25) is 0 Å². The highest BCUT2D eigenvalue weighted by Crippen LogP contribution is 2.17. The van der Waals surface area contributed by atoms with Gasteiger partial charge in [-0.1, -0.05) is 13.3 Å². The number of nitrogen functional groups attached to an aromatic ring is 1. The number of hydrogen-bond donors (Lipinski definition) is 3. The molecule has 0 aliphatic heterocycles. The van der Waals surface area contributed by atoms with Crippen LogP contribution in [0.25, 0.3) is 0 Å². The molecule has 18 heavy (non-hydrogen) atoms. The van der Waals surface area contributed by atoms with E-state index in [0.717, 1.165) is 19.3 Å². The third-order valence-corrected chi connectivity index (χ3v) is 2.82. The maximum Gasteiger partial charge on any atom is 0.144 e. The van der Waals surface area contributed by atoms with Gasteiger partial charge in [-0.15, -0.1) is 0 Å². The number of hydrogen-bond acceptors (Lipinski definition) is 5. The molecule has 0 bridgehead atoms. The van der Waals surface area contributed by atoms with E-state index in [9.17, 15) is 0 Å². The summed E-state index contributed by atoms with van der Waals surface area (Å²) in [5, 5.41) is 21.1. The number of nitrogens with two attached hydrogens (primary N) is 1. The number of nitrogens with zero attached hydrogens (tertiary/aromatic N) is 2. The lowest BCUT2D eigenvalue weighted by molar-refractivity contribution is 0.255. The van der Waals surface area contributed by atoms with Gasteiger partial charge in [0.05, 0.1) is 17.4 Å². The molecular formula is C13H20N4O. The number of pyridine rings is 1. The van der Waals surface area contributed by atoms with Gasteiger partial charge >= 0.3 is 0 Å². The smallest absolute Gasteiger partial charge is 0.144 e. The summed E-state index contributed by atoms with van der Waals surface area (Å²) in [5.41, 5.74) is 6.52. The topological polar surface area (TPSA) is 95.0 Å². The third-order valence-electron chi connectivity index (χ3n) is 2.82. The lowest BCUT2D eigenvalue weighted by Crippen LogP contribution is -2.17. The molecule has 1 aromatic heterocycles. The van der Waals surface area contributed by atoms with Crippen LogP contribution in [-0.2, 0) is 0 Å². The van der Waals surface area contributed by atoms with Crippen molar-refractivity contribution < 1.29 is 5.11 Å². The van der Waals surface area contributed by atoms with E-state index in [-0.39, 0.29) is 6.61 Å². The zero-order chi connectivity index (χ0) is 13.4. The lowest BCUT2D eigenvalue weighted by Gasteiger charge is -2.16. The highest BCUT2D eigenvalue weighted by Gasteiger charge is 2.09. The molecular weight excluding hydrogens is 228 g/mol. The first-order valence-corrected chi connectivity index (χ1v) is 6.21. The van der Waals surface area contributed by atoms with Crippen molar-refractivity contribution >= 4 is 11.5 Å². The maximum absolute atomic E-state index is 8.99. The van der Waals surface area contributed by atoms with Crippen LogP contribution in [-0.4, -0.2) is 23.2 Å². The summed E-state index contributed by atoms with van der Waals surface area (Å²) in [6.45, 7) is 3.01. The second kappa shape index (κ2) is 7.51. The molecule has 0 aromatic carbocycles. The van der Waals surface area contributed by atoms with Crippen LogP contribution in [0, 0.1) is 17.2 Å². The highest BCUT2D eigenvalue weighted by molar-refractivity contribution is 5.57. The van der Waals surface area contributed by atoms with Gasteiger partial charge in [0, 0.05) is 13.2 Å². The van der Waals surface area contributed by atoms with Crippen LogP contribution in [0.5, 0.6) is 0 Å². The predicted molar refractivity (Wildman–Crippen MR) is 72.0 cm³/mol. The predicted octanol–water partition coefficient (Wildman–Crippen LogP) is 1.75. The molecule has 0 aliphatic carbocycles. The average Bonchev–Trinajstić information content (AvgIpc) is 2.37. The van der Waals surface area contributed by atoms with Gasteiger partial charge in [0.25, 0.3) is 0 Å². The van der Waals surface area contributed by atoms with Crippen molar-refractivity contribution in [1.29, 1.82) is 5.26 Å². The molecule has 0 fully saturated rings. The average molecular weight is 248 g/mol. The summed E-state index contributed by atoms with van der Waals surface area (Å²) in [6, 6.07) is 3.68. The van der Waals surface area contributed by atoms with Gasteiger partial charge < -0.3 is 16.2 Å². The van der Waals surface area contributed by atoms with Crippen LogP contribution >= 0.6 is 0 Å². The minimum Gasteiger partial charge on any atom is -0.397 e. The summed E-state index contributed by atoms with van der Waals surface area (Å²) in [4.78, 5) is 4.12. The SMILES string of the molecule is CCCC(CCO)CNc1ncc(N)cc1C#N. The Morgan fingerprint density at radius 3 is 2.94 bits per heavy atom. The van der Waals surface area contributed by atoms with Crippen LogP contribution in [0.15, 0.2) is 12.3 Å². The Bertz CT molecular complexity index is 408. The number of aliphatic hydroxyl groups excluding tert-OH is 1. The zero-order valence-corrected chi connectivity index (χ0v) is 10.7. The fourth-order valence-corrected chi connectivity index (χ4v) is 1.89. The van der Waals surface area contributed by atoms with Crippen molar-refractivity contribution in [1.82, 2.24) is 4.98 Å². The molecule has 0 amide bonds. The molecule has 0 radical (unpaired) electrons. The number of anilines is 2. The molecule has 0 spiro atoms. The van der Waals surface area contributed by atoms with Gasteiger partial charge in [-0.2, -0.15) is 5.26 Å². The van der Waals surface area contributed by atoms with E-state index in [1.54, 1.807) is 6.07 Å². The first-order chi connectivity index (χ1) is 8.71. The van der Waals surface area contributed by atoms with E-state index < -0.39 is 0 Å². The summed E-state index contributed by atoms with van der Waals surface area (Å²) < 4.78 is 0. The molecule has 1 aromatic rings. The van der Waals surface area contributed by atoms with Crippen LogP contribution < -0.4 is 11.1 Å². The van der Waals surface area contributed by atoms with Crippen molar-refractivity contribution in [3.8, 4) is 6.07 Å². The van der Waals surface area contributed by atoms with Crippen LogP contribution in [0.4, 0.5) is 11.5 Å². The fraction of sp³-hybridized carbons (Fsp3) is 0.538. The van der Waals surface area contributed by atoms with Crippen molar-refractivity contribution in [2.75, 3.05) is 24.2 Å². The first kappa shape index (κ1) is 14.3. The number of rotatable bonds is 7. The van der Waals surface area contributed by atoms with E-state index in [2.05, 4.69) is 23.3 Å². The molecule has 0 saturated heterocycles. The monoisotopic (exact) mass is 248 g/mol. The van der Waals surface area contributed by atoms with E-state index >= 15 is 0 Å². The summed E-state index contributed by atoms with van der Waals surface area (Å²) in [5.74, 6) is 0.955. The van der Waals surface area contributed by atoms with Gasteiger partial charge in [-0.3, -0.25) is 0 Å². The molecule has 5 heteroatoms. The molecule has 1 unspecified atom stereocenters. The van der Waals surface area contributed by atoms with E-state index in [1.165, 1.54) is 6.20 Å². The largest absolute Gasteiger partial charge is 0.397 e. The van der Waals surface area contributed by atoms with E-state index in [0.29, 0.717) is 29.5 Å². The van der Waals surface area contributed by atoms with Crippen molar-refractivity contribution in [2.45, 2.75) is 26.2 Å². The Balaban J connectivity index is 2.64. The number of aliphatic hydroxyl groups is 1. The van der Waals surface area contributed by atoms with Crippen LogP contribution in [0.3, 0.4) is 0 Å².